The summed E-state index contributed by atoms with van der Waals surface area (Å²) in [5.74, 6) is 0. The van der Waals surface area contributed by atoms with Crippen molar-refractivity contribution in [3.63, 3.8) is 0 Å². The summed E-state index contributed by atoms with van der Waals surface area (Å²) in [7, 11) is 4.26. The summed E-state index contributed by atoms with van der Waals surface area (Å²) in [5.41, 5.74) is 0.332. The van der Waals surface area contributed by atoms with Gasteiger partial charge in [0.15, 0.2) is 0 Å². The first kappa shape index (κ1) is 13.9. The Kier molecular flexibility index (Phi) is 6.38. The zero-order chi connectivity index (χ0) is 11.2. The van der Waals surface area contributed by atoms with Crippen LogP contribution in [-0.2, 0) is 0 Å². The standard InChI is InChI=1S/C12H28N2/c1-7-12(3,4)14(6)11(2)9-8-10-13-5/h11,13H,7-10H2,1-6H3. The second-order valence-corrected chi connectivity index (χ2v) is 4.87. The number of hydrogen-bond acceptors (Lipinski definition) is 2. The van der Waals surface area contributed by atoms with E-state index in [4.69, 9.17) is 0 Å². The van der Waals surface area contributed by atoms with E-state index in [-0.39, 0.29) is 0 Å². The van der Waals surface area contributed by atoms with Crippen LogP contribution >= 0.6 is 0 Å². The van der Waals surface area contributed by atoms with Crippen molar-refractivity contribution in [2.75, 3.05) is 20.6 Å². The lowest BCUT2D eigenvalue weighted by Gasteiger charge is -2.39. The number of nitrogens with one attached hydrogen (secondary N) is 1. The van der Waals surface area contributed by atoms with Gasteiger partial charge in [-0.25, -0.2) is 0 Å². The maximum atomic E-state index is 3.20. The summed E-state index contributed by atoms with van der Waals surface area (Å²) in [5, 5.41) is 3.20. The van der Waals surface area contributed by atoms with Crippen LogP contribution in [0.1, 0.15) is 47.0 Å². The third kappa shape index (κ3) is 4.43. The molecule has 0 amide bonds. The molecule has 0 fully saturated rings. The van der Waals surface area contributed by atoms with E-state index in [2.05, 4.69) is 45.0 Å². The Bertz CT molecular complexity index is 143. The predicted octanol–water partition coefficient (Wildman–Crippen LogP) is 2.49. The monoisotopic (exact) mass is 200 g/mol. The minimum Gasteiger partial charge on any atom is -0.320 e. The van der Waals surface area contributed by atoms with E-state index in [1.165, 1.54) is 19.3 Å². The predicted molar refractivity (Wildman–Crippen MR) is 64.8 cm³/mol. The molecule has 14 heavy (non-hydrogen) atoms. The largest absolute Gasteiger partial charge is 0.320 e. The molecule has 0 aliphatic heterocycles. The van der Waals surface area contributed by atoms with Gasteiger partial charge in [0.25, 0.3) is 0 Å². The van der Waals surface area contributed by atoms with Crippen molar-refractivity contribution in [1.29, 1.82) is 0 Å². The molecule has 1 atom stereocenters. The van der Waals surface area contributed by atoms with Gasteiger partial charge < -0.3 is 5.32 Å². The first-order valence-electron chi connectivity index (χ1n) is 5.83. The van der Waals surface area contributed by atoms with E-state index in [0.29, 0.717) is 11.6 Å². The Balaban J connectivity index is 3.92. The lowest BCUT2D eigenvalue weighted by Crippen LogP contribution is -2.45. The van der Waals surface area contributed by atoms with Crippen LogP contribution in [0.3, 0.4) is 0 Å². The average molecular weight is 200 g/mol. The second-order valence-electron chi connectivity index (χ2n) is 4.87. The SMILES string of the molecule is CCC(C)(C)N(C)C(C)CCCNC. The van der Waals surface area contributed by atoms with Crippen LogP contribution in [0.2, 0.25) is 0 Å². The van der Waals surface area contributed by atoms with E-state index in [1.807, 2.05) is 7.05 Å². The van der Waals surface area contributed by atoms with Gasteiger partial charge in [-0.2, -0.15) is 0 Å². The Labute approximate surface area is 90.1 Å². The maximum absolute atomic E-state index is 3.20. The summed E-state index contributed by atoms with van der Waals surface area (Å²) in [6.07, 6.45) is 3.75. The van der Waals surface area contributed by atoms with Gasteiger partial charge in [0, 0.05) is 11.6 Å². The van der Waals surface area contributed by atoms with Crippen molar-refractivity contribution in [3.8, 4) is 0 Å². The molecule has 0 aromatic carbocycles. The Morgan fingerprint density at radius 2 is 1.93 bits per heavy atom. The van der Waals surface area contributed by atoms with Crippen molar-refractivity contribution < 1.29 is 0 Å². The molecular weight excluding hydrogens is 172 g/mol. The minimum absolute atomic E-state index is 0.332. The summed E-state index contributed by atoms with van der Waals surface area (Å²) < 4.78 is 0. The van der Waals surface area contributed by atoms with Crippen LogP contribution in [0, 0.1) is 0 Å². The summed E-state index contributed by atoms with van der Waals surface area (Å²) in [6, 6.07) is 0.679. The lowest BCUT2D eigenvalue weighted by atomic mass is 9.97. The highest BCUT2D eigenvalue weighted by molar-refractivity contribution is 4.81. The van der Waals surface area contributed by atoms with Gasteiger partial charge in [-0.1, -0.05) is 6.92 Å². The molecule has 0 aliphatic carbocycles. The molecule has 0 aromatic rings. The molecule has 1 unspecified atom stereocenters. The van der Waals surface area contributed by atoms with Crippen molar-refractivity contribution in [2.24, 2.45) is 0 Å². The quantitative estimate of drug-likeness (QED) is 0.635. The Morgan fingerprint density at radius 3 is 2.36 bits per heavy atom. The van der Waals surface area contributed by atoms with Gasteiger partial charge in [0.1, 0.15) is 0 Å². The fraction of sp³-hybridized carbons (Fsp3) is 1.00. The fourth-order valence-electron chi connectivity index (χ4n) is 1.61. The minimum atomic E-state index is 0.332. The molecular formula is C12H28N2. The first-order valence-corrected chi connectivity index (χ1v) is 5.83. The fourth-order valence-corrected chi connectivity index (χ4v) is 1.61. The lowest BCUT2D eigenvalue weighted by molar-refractivity contribution is 0.0999. The molecule has 0 aromatic heterocycles. The van der Waals surface area contributed by atoms with E-state index in [9.17, 15) is 0 Å². The van der Waals surface area contributed by atoms with Crippen LogP contribution in [0.5, 0.6) is 0 Å². The van der Waals surface area contributed by atoms with Crippen molar-refractivity contribution in [3.05, 3.63) is 0 Å². The highest BCUT2D eigenvalue weighted by atomic mass is 15.2. The Morgan fingerprint density at radius 1 is 1.36 bits per heavy atom. The van der Waals surface area contributed by atoms with Gasteiger partial charge in [-0.3, -0.25) is 4.90 Å². The zero-order valence-electron chi connectivity index (χ0n) is 10.9. The van der Waals surface area contributed by atoms with E-state index in [1.54, 1.807) is 0 Å². The van der Waals surface area contributed by atoms with Gasteiger partial charge >= 0.3 is 0 Å². The van der Waals surface area contributed by atoms with Gasteiger partial charge in [-0.15, -0.1) is 0 Å². The smallest absolute Gasteiger partial charge is 0.0150 e. The van der Waals surface area contributed by atoms with Crippen LogP contribution in [0.4, 0.5) is 0 Å². The average Bonchev–Trinajstić information content (AvgIpc) is 2.17. The second kappa shape index (κ2) is 6.41. The highest BCUT2D eigenvalue weighted by Crippen LogP contribution is 2.20. The molecule has 2 nitrogen and oxygen atoms in total. The topological polar surface area (TPSA) is 15.3 Å². The van der Waals surface area contributed by atoms with Crippen LogP contribution in [0.15, 0.2) is 0 Å². The summed E-state index contributed by atoms with van der Waals surface area (Å²) >= 11 is 0. The molecule has 0 aliphatic rings. The third-order valence-electron chi connectivity index (χ3n) is 3.53. The molecule has 86 valence electrons. The van der Waals surface area contributed by atoms with Crippen molar-refractivity contribution >= 4 is 0 Å². The molecule has 0 bridgehead atoms. The maximum Gasteiger partial charge on any atom is 0.0150 e. The molecule has 2 heteroatoms. The molecule has 0 saturated heterocycles. The van der Waals surface area contributed by atoms with Crippen LogP contribution in [0.25, 0.3) is 0 Å². The van der Waals surface area contributed by atoms with E-state index < -0.39 is 0 Å². The van der Waals surface area contributed by atoms with E-state index >= 15 is 0 Å². The zero-order valence-corrected chi connectivity index (χ0v) is 10.9. The van der Waals surface area contributed by atoms with Crippen LogP contribution in [-0.4, -0.2) is 37.1 Å². The number of hydrogen-bond donors (Lipinski definition) is 1. The molecule has 0 rings (SSSR count). The third-order valence-corrected chi connectivity index (χ3v) is 3.53. The molecule has 0 radical (unpaired) electrons. The summed E-state index contributed by atoms with van der Waals surface area (Å²) in [4.78, 5) is 2.50. The van der Waals surface area contributed by atoms with Gasteiger partial charge in [-0.05, 0) is 60.7 Å². The number of nitrogens with zero attached hydrogens (tertiary/aromatic N) is 1. The molecule has 0 spiro atoms. The van der Waals surface area contributed by atoms with Crippen LogP contribution < -0.4 is 5.32 Å². The Hall–Kier alpha value is -0.0800. The highest BCUT2D eigenvalue weighted by Gasteiger charge is 2.24. The first-order chi connectivity index (χ1) is 6.45. The number of rotatable bonds is 7. The normalized spacial score (nSPS) is 14.8. The molecule has 0 saturated carbocycles. The molecule has 0 heterocycles. The van der Waals surface area contributed by atoms with Gasteiger partial charge in [0.2, 0.25) is 0 Å². The van der Waals surface area contributed by atoms with Crippen molar-refractivity contribution in [2.45, 2.75) is 58.5 Å². The molecule has 1 N–H and O–H groups in total. The van der Waals surface area contributed by atoms with Gasteiger partial charge in [0.05, 0.1) is 0 Å². The summed E-state index contributed by atoms with van der Waals surface area (Å²) in [6.45, 7) is 10.4. The van der Waals surface area contributed by atoms with Crippen molar-refractivity contribution in [1.82, 2.24) is 10.2 Å². The van der Waals surface area contributed by atoms with E-state index in [0.717, 1.165) is 6.54 Å².